The van der Waals surface area contributed by atoms with E-state index in [9.17, 15) is 19.6 Å². The number of hydrogen-bond donors (Lipinski definition) is 2. The zero-order valence-electron chi connectivity index (χ0n) is 26.5. The third-order valence-corrected chi connectivity index (χ3v) is 8.90. The van der Waals surface area contributed by atoms with Crippen molar-refractivity contribution in [3.63, 3.8) is 0 Å². The largest absolute Gasteiger partial charge is 0.495 e. The highest BCUT2D eigenvalue weighted by Gasteiger charge is 2.49. The monoisotopic (exact) mass is 653 g/mol. The van der Waals surface area contributed by atoms with E-state index in [-0.39, 0.29) is 39.5 Å². The van der Waals surface area contributed by atoms with Gasteiger partial charge in [-0.2, -0.15) is 19.1 Å². The summed E-state index contributed by atoms with van der Waals surface area (Å²) in [5.74, 6) is -4.17. The Labute approximate surface area is 275 Å². The average Bonchev–Trinajstić information content (AvgIpc) is 3.73. The van der Waals surface area contributed by atoms with Crippen molar-refractivity contribution in [2.24, 2.45) is 0 Å². The number of aromatic nitrogens is 2. The second-order valence-corrected chi connectivity index (χ2v) is 11.7. The molecule has 0 bridgehead atoms. The minimum Gasteiger partial charge on any atom is -0.495 e. The molecule has 246 valence electrons. The zero-order chi connectivity index (χ0) is 34.2. The van der Waals surface area contributed by atoms with E-state index < -0.39 is 35.9 Å². The SMILES string of the molecule is CCNC(=O)C(C)N1C[C@H]2[C@H](C1)n1ncc(NC(=O)c3ccc(OC)c(C#N)c3)c1C(=O)N2c1ccc(C(F)(F)c2ccccc2)cc1. The second kappa shape index (κ2) is 12.9. The van der Waals surface area contributed by atoms with Gasteiger partial charge in [-0.3, -0.25) is 24.0 Å². The van der Waals surface area contributed by atoms with Gasteiger partial charge in [-0.05, 0) is 44.2 Å². The number of rotatable bonds is 9. The van der Waals surface area contributed by atoms with E-state index in [4.69, 9.17) is 4.74 Å². The van der Waals surface area contributed by atoms with Crippen molar-refractivity contribution in [2.75, 3.05) is 37.0 Å². The molecule has 2 aliphatic rings. The number of alkyl halides is 2. The lowest BCUT2D eigenvalue weighted by molar-refractivity contribution is -0.125. The molecule has 3 aromatic carbocycles. The summed E-state index contributed by atoms with van der Waals surface area (Å²) < 4.78 is 37.5. The molecule has 3 atom stereocenters. The van der Waals surface area contributed by atoms with Gasteiger partial charge in [0.05, 0.1) is 42.7 Å². The van der Waals surface area contributed by atoms with Crippen molar-refractivity contribution in [3.05, 3.63) is 107 Å². The number of carbonyl (C=O) groups is 3. The number of nitrogens with one attached hydrogen (secondary N) is 2. The number of benzene rings is 3. The van der Waals surface area contributed by atoms with Crippen molar-refractivity contribution in [3.8, 4) is 11.8 Å². The molecular weight excluding hydrogens is 620 g/mol. The van der Waals surface area contributed by atoms with Crippen LogP contribution in [0, 0.1) is 11.3 Å². The van der Waals surface area contributed by atoms with Crippen LogP contribution < -0.4 is 20.3 Å². The van der Waals surface area contributed by atoms with Gasteiger partial charge in [0.15, 0.2) is 5.69 Å². The van der Waals surface area contributed by atoms with E-state index >= 15 is 8.78 Å². The van der Waals surface area contributed by atoms with Crippen molar-refractivity contribution >= 4 is 29.1 Å². The maximum absolute atomic E-state index is 15.4. The minimum atomic E-state index is -3.26. The lowest BCUT2D eigenvalue weighted by atomic mass is 9.99. The number of halogens is 2. The van der Waals surface area contributed by atoms with Crippen LogP contribution in [0.5, 0.6) is 5.75 Å². The molecule has 11 nitrogen and oxygen atoms in total. The summed E-state index contributed by atoms with van der Waals surface area (Å²) in [4.78, 5) is 44.0. The summed E-state index contributed by atoms with van der Waals surface area (Å²) in [6.07, 6.45) is 1.39. The van der Waals surface area contributed by atoms with E-state index in [0.29, 0.717) is 31.1 Å². The first-order chi connectivity index (χ1) is 23.1. The van der Waals surface area contributed by atoms with Gasteiger partial charge in [-0.15, -0.1) is 0 Å². The Morgan fingerprint density at radius 3 is 2.42 bits per heavy atom. The molecule has 6 rings (SSSR count). The Morgan fingerprint density at radius 1 is 1.06 bits per heavy atom. The summed E-state index contributed by atoms with van der Waals surface area (Å²) >= 11 is 0. The molecule has 3 heterocycles. The Bertz CT molecular complexity index is 1910. The van der Waals surface area contributed by atoms with Crippen LogP contribution >= 0.6 is 0 Å². The van der Waals surface area contributed by atoms with Crippen LogP contribution in [-0.2, 0) is 10.7 Å². The van der Waals surface area contributed by atoms with Gasteiger partial charge < -0.3 is 20.3 Å². The summed E-state index contributed by atoms with van der Waals surface area (Å²) in [6, 6.07) is 18.0. The summed E-state index contributed by atoms with van der Waals surface area (Å²) in [5.41, 5.74) is 0.582. The summed E-state index contributed by atoms with van der Waals surface area (Å²) in [7, 11) is 1.42. The molecule has 0 aliphatic carbocycles. The molecule has 2 aliphatic heterocycles. The second-order valence-electron chi connectivity index (χ2n) is 11.7. The Morgan fingerprint density at radius 2 is 1.75 bits per heavy atom. The van der Waals surface area contributed by atoms with E-state index in [2.05, 4.69) is 15.7 Å². The van der Waals surface area contributed by atoms with Crippen LogP contribution in [0.2, 0.25) is 0 Å². The number of ether oxygens (including phenoxy) is 1. The fraction of sp³-hybridized carbons (Fsp3) is 0.286. The van der Waals surface area contributed by atoms with Gasteiger partial charge in [0.25, 0.3) is 17.7 Å². The van der Waals surface area contributed by atoms with Crippen LogP contribution in [0.15, 0.2) is 79.0 Å². The van der Waals surface area contributed by atoms with Crippen molar-refractivity contribution < 1.29 is 27.9 Å². The lowest BCUT2D eigenvalue weighted by Crippen LogP contribution is -2.51. The molecule has 4 aromatic rings. The first-order valence-corrected chi connectivity index (χ1v) is 15.4. The number of likely N-dealkylation sites (tertiary alicyclic amines) is 1. The van der Waals surface area contributed by atoms with E-state index in [1.807, 2.05) is 17.9 Å². The molecule has 0 saturated carbocycles. The van der Waals surface area contributed by atoms with Gasteiger partial charge >= 0.3 is 0 Å². The highest BCUT2D eigenvalue weighted by molar-refractivity contribution is 6.13. The van der Waals surface area contributed by atoms with Gasteiger partial charge in [0.1, 0.15) is 11.8 Å². The quantitative estimate of drug-likeness (QED) is 0.271. The predicted molar refractivity (Wildman–Crippen MR) is 173 cm³/mol. The van der Waals surface area contributed by atoms with Crippen molar-refractivity contribution in [1.82, 2.24) is 20.0 Å². The fourth-order valence-corrected chi connectivity index (χ4v) is 6.36. The van der Waals surface area contributed by atoms with E-state index in [0.717, 1.165) is 0 Å². The standard InChI is InChI=1S/C35H33F2N7O4/c1-4-39-32(45)21(2)42-19-28-29(20-42)44-31(27(18-40-44)41-33(46)22-10-15-30(48-3)23(16-22)17-38)34(47)43(28)26-13-11-25(12-14-26)35(36,37)24-8-6-5-7-9-24/h5-16,18,21,28-29H,4,19-20H2,1-3H3,(H,39,45)(H,41,46)/t21?,28-,29-/m0/s1. The lowest BCUT2D eigenvalue weighted by Gasteiger charge is -2.37. The van der Waals surface area contributed by atoms with Crippen molar-refractivity contribution in [1.29, 1.82) is 5.26 Å². The number of anilines is 2. The van der Waals surface area contributed by atoms with E-state index in [1.165, 1.54) is 72.8 Å². The third kappa shape index (κ3) is 5.64. The Kier molecular flexibility index (Phi) is 8.68. The smallest absolute Gasteiger partial charge is 0.298 e. The molecule has 1 unspecified atom stereocenters. The van der Waals surface area contributed by atoms with Gasteiger partial charge in [0.2, 0.25) is 5.91 Å². The molecule has 1 saturated heterocycles. The van der Waals surface area contributed by atoms with Crippen LogP contribution in [0.25, 0.3) is 0 Å². The number of fused-ring (bicyclic) bond motifs is 3. The van der Waals surface area contributed by atoms with E-state index in [1.54, 1.807) is 29.8 Å². The molecule has 48 heavy (non-hydrogen) atoms. The molecule has 0 spiro atoms. The minimum absolute atomic E-state index is 0.102. The highest BCUT2D eigenvalue weighted by Crippen LogP contribution is 2.41. The molecule has 1 fully saturated rings. The summed E-state index contributed by atoms with van der Waals surface area (Å²) in [5, 5.41) is 19.6. The topological polar surface area (TPSA) is 133 Å². The van der Waals surface area contributed by atoms with Gasteiger partial charge in [-0.25, -0.2) is 0 Å². The fourth-order valence-electron chi connectivity index (χ4n) is 6.36. The highest BCUT2D eigenvalue weighted by atomic mass is 19.3. The number of hydrogen-bond acceptors (Lipinski definition) is 7. The van der Waals surface area contributed by atoms with Crippen molar-refractivity contribution in [2.45, 2.75) is 37.9 Å². The Balaban J connectivity index is 1.36. The predicted octanol–water partition coefficient (Wildman–Crippen LogP) is 4.57. The third-order valence-electron chi connectivity index (χ3n) is 8.90. The number of likely N-dealkylation sites (N-methyl/N-ethyl adjacent to an activating group) is 1. The number of methoxy groups -OCH3 is 1. The molecule has 13 heteroatoms. The maximum atomic E-state index is 15.4. The first kappa shape index (κ1) is 32.3. The number of nitrogens with zero attached hydrogens (tertiary/aromatic N) is 5. The molecule has 0 radical (unpaired) electrons. The normalized spacial score (nSPS) is 18.0. The number of amides is 3. The molecule has 1 aromatic heterocycles. The number of carbonyl (C=O) groups excluding carboxylic acids is 3. The number of nitriles is 1. The van der Waals surface area contributed by atoms with Crippen LogP contribution in [0.3, 0.4) is 0 Å². The van der Waals surface area contributed by atoms with Gasteiger partial charge in [0, 0.05) is 42.0 Å². The molecule has 3 amide bonds. The first-order valence-electron chi connectivity index (χ1n) is 15.4. The summed E-state index contributed by atoms with van der Waals surface area (Å²) in [6.45, 7) is 4.77. The molecular formula is C35H33F2N7O4. The van der Waals surface area contributed by atoms with Gasteiger partial charge in [-0.1, -0.05) is 42.5 Å². The zero-order valence-corrected chi connectivity index (χ0v) is 26.5. The van der Waals surface area contributed by atoms with Crippen LogP contribution in [0.1, 0.15) is 57.4 Å². The van der Waals surface area contributed by atoms with Crippen LogP contribution in [-0.4, -0.2) is 71.2 Å². The maximum Gasteiger partial charge on any atom is 0.298 e. The Hall–Kier alpha value is -5.61. The average molecular weight is 654 g/mol. The molecule has 2 N–H and O–H groups in total. The van der Waals surface area contributed by atoms with Crippen LogP contribution in [0.4, 0.5) is 20.2 Å².